The summed E-state index contributed by atoms with van der Waals surface area (Å²) >= 11 is 0. The Hall–Kier alpha value is -1.18. The third kappa shape index (κ3) is 5.90. The smallest absolute Gasteiger partial charge is 0.146 e. The maximum atomic E-state index is 10.8. The Morgan fingerprint density at radius 2 is 1.95 bits per heavy atom. The Kier molecular flexibility index (Phi) is 7.78. The quantitative estimate of drug-likeness (QED) is 0.347. The highest BCUT2D eigenvalue weighted by Crippen LogP contribution is 2.46. The number of allylic oxidation sites excluding steroid dienone is 4. The molecule has 0 aliphatic heterocycles. The monoisotopic (exact) mass is 304 g/mol. The van der Waals surface area contributed by atoms with E-state index in [4.69, 9.17) is 0 Å². The minimum Gasteiger partial charge on any atom is -0.299 e. The largest absolute Gasteiger partial charge is 0.299 e. The Morgan fingerprint density at radius 3 is 2.55 bits per heavy atom. The van der Waals surface area contributed by atoms with E-state index >= 15 is 0 Å². The molecule has 0 N–H and O–H groups in total. The van der Waals surface area contributed by atoms with Gasteiger partial charge < -0.3 is 0 Å². The summed E-state index contributed by atoms with van der Waals surface area (Å²) in [5.74, 6) is 1.64. The van der Waals surface area contributed by atoms with Crippen molar-refractivity contribution in [2.24, 2.45) is 17.3 Å². The van der Waals surface area contributed by atoms with Crippen LogP contribution in [0.1, 0.15) is 72.6 Å². The summed E-state index contributed by atoms with van der Waals surface area (Å²) in [6.07, 6.45) is 13.1. The lowest BCUT2D eigenvalue weighted by atomic mass is 9.62. The first-order chi connectivity index (χ1) is 10.4. The maximum Gasteiger partial charge on any atom is 0.146 e. The van der Waals surface area contributed by atoms with Gasteiger partial charge in [0.15, 0.2) is 0 Å². The summed E-state index contributed by atoms with van der Waals surface area (Å²) in [5.41, 5.74) is 2.46. The fraction of sp³-hybridized carbons (Fsp3) is 0.700. The van der Waals surface area contributed by atoms with Gasteiger partial charge in [0.05, 0.1) is 0 Å². The summed E-state index contributed by atoms with van der Waals surface area (Å²) in [6.45, 7) is 9.44. The SMILES string of the molecule is CC(=CCCC(C=O)=CC=O)CCC1C(C)CCCC1(C)C. The second-order valence-electron chi connectivity index (χ2n) is 7.59. The van der Waals surface area contributed by atoms with Crippen molar-refractivity contribution < 1.29 is 9.59 Å². The molecular formula is C20H32O2. The molecule has 2 nitrogen and oxygen atoms in total. The van der Waals surface area contributed by atoms with Crippen LogP contribution in [-0.4, -0.2) is 12.6 Å². The van der Waals surface area contributed by atoms with E-state index in [1.54, 1.807) is 0 Å². The minimum absolute atomic E-state index is 0.468. The number of rotatable bonds is 8. The van der Waals surface area contributed by atoms with Crippen LogP contribution in [0.15, 0.2) is 23.3 Å². The fourth-order valence-corrected chi connectivity index (χ4v) is 3.95. The van der Waals surface area contributed by atoms with E-state index in [-0.39, 0.29) is 0 Å². The molecular weight excluding hydrogens is 272 g/mol. The summed E-state index contributed by atoms with van der Waals surface area (Å²) < 4.78 is 0. The van der Waals surface area contributed by atoms with Gasteiger partial charge in [-0.3, -0.25) is 9.59 Å². The van der Waals surface area contributed by atoms with Crippen LogP contribution in [0.3, 0.4) is 0 Å². The topological polar surface area (TPSA) is 34.1 Å². The molecule has 1 saturated carbocycles. The van der Waals surface area contributed by atoms with Crippen molar-refractivity contribution in [1.29, 1.82) is 0 Å². The number of aldehydes is 2. The zero-order chi connectivity index (χ0) is 16.6. The Bertz CT molecular complexity index is 429. The molecule has 2 heteroatoms. The van der Waals surface area contributed by atoms with Crippen molar-refractivity contribution in [3.05, 3.63) is 23.3 Å². The lowest BCUT2D eigenvalue weighted by molar-refractivity contribution is -0.106. The summed E-state index contributed by atoms with van der Waals surface area (Å²) in [7, 11) is 0. The molecule has 1 rings (SSSR count). The van der Waals surface area contributed by atoms with Gasteiger partial charge in [-0.1, -0.05) is 45.3 Å². The molecule has 0 spiro atoms. The minimum atomic E-state index is 0.468. The van der Waals surface area contributed by atoms with Gasteiger partial charge in [-0.25, -0.2) is 0 Å². The molecule has 2 unspecified atom stereocenters. The van der Waals surface area contributed by atoms with Crippen LogP contribution >= 0.6 is 0 Å². The molecule has 1 aliphatic carbocycles. The van der Waals surface area contributed by atoms with Crippen molar-refractivity contribution in [3.63, 3.8) is 0 Å². The van der Waals surface area contributed by atoms with Gasteiger partial charge in [-0.05, 0) is 67.9 Å². The van der Waals surface area contributed by atoms with E-state index in [1.807, 2.05) is 0 Å². The van der Waals surface area contributed by atoms with Crippen LogP contribution in [-0.2, 0) is 9.59 Å². The highest BCUT2D eigenvalue weighted by atomic mass is 16.1. The molecule has 1 aliphatic rings. The molecule has 0 aromatic carbocycles. The molecule has 0 radical (unpaired) electrons. The number of hydrogen-bond donors (Lipinski definition) is 0. The first-order valence-corrected chi connectivity index (χ1v) is 8.66. The fourth-order valence-electron chi connectivity index (χ4n) is 3.95. The van der Waals surface area contributed by atoms with Gasteiger partial charge in [0.25, 0.3) is 0 Å². The van der Waals surface area contributed by atoms with Gasteiger partial charge >= 0.3 is 0 Å². The molecule has 2 atom stereocenters. The maximum absolute atomic E-state index is 10.8. The molecule has 0 aromatic rings. The van der Waals surface area contributed by atoms with Crippen molar-refractivity contribution in [2.75, 3.05) is 0 Å². The number of carbonyl (C=O) groups excluding carboxylic acids is 2. The average Bonchev–Trinajstić information content (AvgIpc) is 2.45. The second kappa shape index (κ2) is 9.07. The normalized spacial score (nSPS) is 25.8. The standard InChI is InChI=1S/C20H32O2/c1-16(7-5-9-18(15-22)12-14-21)10-11-19-17(2)8-6-13-20(19,3)4/h7,12,14-15,17,19H,5-6,8-11,13H2,1-4H3. The Morgan fingerprint density at radius 1 is 1.23 bits per heavy atom. The predicted molar refractivity (Wildman–Crippen MR) is 92.7 cm³/mol. The van der Waals surface area contributed by atoms with Gasteiger partial charge in [-0.2, -0.15) is 0 Å². The van der Waals surface area contributed by atoms with E-state index in [2.05, 4.69) is 33.8 Å². The zero-order valence-electron chi connectivity index (χ0n) is 14.7. The summed E-state index contributed by atoms with van der Waals surface area (Å²) in [6, 6.07) is 0. The van der Waals surface area contributed by atoms with Crippen molar-refractivity contribution in [2.45, 2.75) is 72.6 Å². The lowest BCUT2D eigenvalue weighted by Crippen LogP contribution is -2.33. The van der Waals surface area contributed by atoms with Crippen LogP contribution in [0, 0.1) is 17.3 Å². The van der Waals surface area contributed by atoms with E-state index in [1.165, 1.54) is 37.3 Å². The van der Waals surface area contributed by atoms with Crippen LogP contribution in [0.5, 0.6) is 0 Å². The molecule has 0 heterocycles. The second-order valence-corrected chi connectivity index (χ2v) is 7.59. The average molecular weight is 304 g/mol. The molecule has 0 amide bonds. The molecule has 0 saturated heterocycles. The highest BCUT2D eigenvalue weighted by Gasteiger charge is 2.36. The van der Waals surface area contributed by atoms with E-state index in [0.29, 0.717) is 23.7 Å². The first-order valence-electron chi connectivity index (χ1n) is 8.66. The predicted octanol–water partition coefficient (Wildman–Crippen LogP) is 5.28. The van der Waals surface area contributed by atoms with E-state index in [9.17, 15) is 9.59 Å². The first kappa shape index (κ1) is 18.9. The van der Waals surface area contributed by atoms with Gasteiger partial charge in [0.1, 0.15) is 12.6 Å². The lowest BCUT2D eigenvalue weighted by Gasteiger charge is -2.43. The van der Waals surface area contributed by atoms with E-state index in [0.717, 1.165) is 31.0 Å². The van der Waals surface area contributed by atoms with Crippen LogP contribution in [0.2, 0.25) is 0 Å². The number of carbonyl (C=O) groups is 2. The van der Waals surface area contributed by atoms with Crippen LogP contribution < -0.4 is 0 Å². The van der Waals surface area contributed by atoms with E-state index < -0.39 is 0 Å². The van der Waals surface area contributed by atoms with Crippen molar-refractivity contribution in [1.82, 2.24) is 0 Å². The summed E-state index contributed by atoms with van der Waals surface area (Å²) in [5, 5.41) is 0. The molecule has 0 bridgehead atoms. The molecule has 0 aromatic heterocycles. The van der Waals surface area contributed by atoms with Gasteiger partial charge in [0.2, 0.25) is 0 Å². The highest BCUT2D eigenvalue weighted by molar-refractivity contribution is 5.81. The molecule has 124 valence electrons. The van der Waals surface area contributed by atoms with Crippen LogP contribution in [0.4, 0.5) is 0 Å². The Labute approximate surface area is 136 Å². The third-order valence-electron chi connectivity index (χ3n) is 5.38. The third-order valence-corrected chi connectivity index (χ3v) is 5.38. The molecule has 22 heavy (non-hydrogen) atoms. The van der Waals surface area contributed by atoms with Crippen LogP contribution in [0.25, 0.3) is 0 Å². The van der Waals surface area contributed by atoms with Gasteiger partial charge in [0, 0.05) is 0 Å². The molecule has 1 fully saturated rings. The van der Waals surface area contributed by atoms with Gasteiger partial charge in [-0.15, -0.1) is 0 Å². The van der Waals surface area contributed by atoms with Crippen molar-refractivity contribution >= 4 is 12.6 Å². The number of hydrogen-bond acceptors (Lipinski definition) is 2. The zero-order valence-corrected chi connectivity index (χ0v) is 14.7. The summed E-state index contributed by atoms with van der Waals surface area (Å²) in [4.78, 5) is 21.2. The Balaban J connectivity index is 2.45. The van der Waals surface area contributed by atoms with Crippen molar-refractivity contribution in [3.8, 4) is 0 Å².